The van der Waals surface area contributed by atoms with Gasteiger partial charge >= 0.3 is 0 Å². The van der Waals surface area contributed by atoms with E-state index in [0.29, 0.717) is 6.07 Å². The van der Waals surface area contributed by atoms with Gasteiger partial charge in [0.25, 0.3) is 15.5 Å². The van der Waals surface area contributed by atoms with E-state index < -0.39 is 37.6 Å². The summed E-state index contributed by atoms with van der Waals surface area (Å²) in [6, 6.07) is 0.511. The average molecular weight is 263 g/mol. The Morgan fingerprint density at radius 1 is 1.20 bits per heavy atom. The van der Waals surface area contributed by atoms with Gasteiger partial charge in [-0.05, 0) is 12.1 Å². The Balaban J connectivity index is 3.52. The molecule has 0 aromatic heterocycles. The van der Waals surface area contributed by atoms with E-state index in [-0.39, 0.29) is 6.07 Å². The van der Waals surface area contributed by atoms with Crippen LogP contribution >= 0.6 is 10.7 Å². The molecule has 0 spiro atoms. The van der Waals surface area contributed by atoms with Crippen molar-refractivity contribution in [3.8, 4) is 0 Å². The number of alkyl halides is 2. The summed E-state index contributed by atoms with van der Waals surface area (Å²) in [5.74, 6) is -3.46. The number of hydrogen-bond acceptors (Lipinski definition) is 2. The molecule has 0 bridgehead atoms. The first-order valence-electron chi connectivity index (χ1n) is 3.45. The Labute approximate surface area is 86.9 Å². The number of halogens is 5. The Morgan fingerprint density at radius 3 is 2.13 bits per heavy atom. The van der Waals surface area contributed by atoms with Gasteiger partial charge in [-0.2, -0.15) is 0 Å². The van der Waals surface area contributed by atoms with Crippen LogP contribution in [0.3, 0.4) is 0 Å². The van der Waals surface area contributed by atoms with Crippen molar-refractivity contribution >= 4 is 19.7 Å². The van der Waals surface area contributed by atoms with Crippen LogP contribution in [0.15, 0.2) is 17.0 Å². The van der Waals surface area contributed by atoms with Gasteiger partial charge in [-0.15, -0.1) is 0 Å². The van der Waals surface area contributed by atoms with Crippen LogP contribution in [-0.2, 0) is 9.05 Å². The third-order valence-electron chi connectivity index (χ3n) is 1.53. The molecular weight excluding hydrogens is 260 g/mol. The van der Waals surface area contributed by atoms with Gasteiger partial charge in [0, 0.05) is 16.2 Å². The van der Waals surface area contributed by atoms with Gasteiger partial charge in [-0.1, -0.05) is 0 Å². The Hall–Kier alpha value is -0.820. The van der Waals surface area contributed by atoms with Crippen molar-refractivity contribution in [2.75, 3.05) is 0 Å². The number of benzene rings is 1. The Kier molecular flexibility index (Phi) is 3.25. The molecule has 0 radical (unpaired) electrons. The summed E-state index contributed by atoms with van der Waals surface area (Å²) in [4.78, 5) is -1.29. The highest BCUT2D eigenvalue weighted by molar-refractivity contribution is 8.13. The van der Waals surface area contributed by atoms with E-state index in [1.807, 2.05) is 0 Å². The lowest BCUT2D eigenvalue weighted by molar-refractivity contribution is 0.150. The quantitative estimate of drug-likeness (QED) is 0.607. The summed E-state index contributed by atoms with van der Waals surface area (Å²) in [7, 11) is 0.145. The fraction of sp³-hybridized carbons (Fsp3) is 0.143. The summed E-state index contributed by atoms with van der Waals surface area (Å²) in [5, 5.41) is 0. The zero-order valence-electron chi connectivity index (χ0n) is 6.85. The van der Waals surface area contributed by atoms with Gasteiger partial charge in [0.15, 0.2) is 11.6 Å². The fourth-order valence-corrected chi connectivity index (χ4v) is 1.81. The molecule has 0 aliphatic rings. The minimum absolute atomic E-state index is 0.214. The first kappa shape index (κ1) is 12.3. The monoisotopic (exact) mass is 262 g/mol. The van der Waals surface area contributed by atoms with Gasteiger partial charge in [0.2, 0.25) is 0 Å². The van der Waals surface area contributed by atoms with Crippen LogP contribution in [0.1, 0.15) is 12.0 Å². The highest BCUT2D eigenvalue weighted by Gasteiger charge is 2.23. The first-order valence-corrected chi connectivity index (χ1v) is 5.76. The number of hydrogen-bond donors (Lipinski definition) is 0. The number of rotatable bonds is 2. The summed E-state index contributed by atoms with van der Waals surface area (Å²) >= 11 is 0. The summed E-state index contributed by atoms with van der Waals surface area (Å²) in [6.45, 7) is 0. The van der Waals surface area contributed by atoms with Gasteiger partial charge in [0.1, 0.15) is 4.90 Å². The SMILES string of the molecule is O=S(=O)(Cl)c1cc(C(F)F)cc(F)c1F. The van der Waals surface area contributed by atoms with Gasteiger partial charge in [-0.25, -0.2) is 26.0 Å². The van der Waals surface area contributed by atoms with E-state index in [1.54, 1.807) is 0 Å². The summed E-state index contributed by atoms with van der Waals surface area (Å²) < 4.78 is 71.2. The molecule has 0 fully saturated rings. The Bertz CT molecular complexity index is 486. The lowest BCUT2D eigenvalue weighted by Gasteiger charge is -2.04. The average Bonchev–Trinajstić information content (AvgIpc) is 2.06. The standard InChI is InChI=1S/C7H3ClF4O2S/c8-15(13,14)5-2-3(7(11)12)1-4(9)6(5)10/h1-2,7H. The van der Waals surface area contributed by atoms with Crippen LogP contribution in [0, 0.1) is 11.6 Å². The molecule has 0 aliphatic heterocycles. The second kappa shape index (κ2) is 3.97. The zero-order chi connectivity index (χ0) is 11.8. The molecule has 0 atom stereocenters. The van der Waals surface area contributed by atoms with E-state index in [0.717, 1.165) is 0 Å². The van der Waals surface area contributed by atoms with Crippen molar-refractivity contribution in [3.63, 3.8) is 0 Å². The topological polar surface area (TPSA) is 34.1 Å². The maximum absolute atomic E-state index is 12.9. The van der Waals surface area contributed by atoms with E-state index in [2.05, 4.69) is 0 Å². The molecule has 0 saturated carbocycles. The van der Waals surface area contributed by atoms with E-state index >= 15 is 0 Å². The third kappa shape index (κ3) is 2.60. The summed E-state index contributed by atoms with van der Waals surface area (Å²) in [6.07, 6.45) is -3.11. The van der Waals surface area contributed by atoms with Crippen molar-refractivity contribution in [1.82, 2.24) is 0 Å². The van der Waals surface area contributed by atoms with Crippen molar-refractivity contribution in [2.24, 2.45) is 0 Å². The van der Waals surface area contributed by atoms with E-state index in [4.69, 9.17) is 10.7 Å². The molecule has 84 valence electrons. The minimum Gasteiger partial charge on any atom is -0.207 e. The molecule has 0 heterocycles. The zero-order valence-corrected chi connectivity index (χ0v) is 8.42. The second-order valence-electron chi connectivity index (χ2n) is 2.55. The first-order chi connectivity index (χ1) is 6.73. The largest absolute Gasteiger partial charge is 0.264 e. The van der Waals surface area contributed by atoms with Crippen molar-refractivity contribution in [1.29, 1.82) is 0 Å². The fourth-order valence-electron chi connectivity index (χ4n) is 0.887. The molecule has 0 aliphatic carbocycles. The van der Waals surface area contributed by atoms with Crippen molar-refractivity contribution in [2.45, 2.75) is 11.3 Å². The van der Waals surface area contributed by atoms with Crippen LogP contribution in [0.2, 0.25) is 0 Å². The van der Waals surface area contributed by atoms with Crippen LogP contribution in [0.25, 0.3) is 0 Å². The smallest absolute Gasteiger partial charge is 0.207 e. The molecule has 1 aromatic rings. The maximum atomic E-state index is 12.9. The van der Waals surface area contributed by atoms with Crippen LogP contribution in [-0.4, -0.2) is 8.42 Å². The van der Waals surface area contributed by atoms with Crippen molar-refractivity contribution in [3.05, 3.63) is 29.3 Å². The van der Waals surface area contributed by atoms with E-state index in [1.165, 1.54) is 0 Å². The molecule has 15 heavy (non-hydrogen) atoms. The predicted molar refractivity (Wildman–Crippen MR) is 44.4 cm³/mol. The molecule has 1 aromatic carbocycles. The molecule has 1 rings (SSSR count). The molecular formula is C7H3ClF4O2S. The van der Waals surface area contributed by atoms with Crippen molar-refractivity contribution < 1.29 is 26.0 Å². The molecule has 8 heteroatoms. The van der Waals surface area contributed by atoms with Crippen LogP contribution < -0.4 is 0 Å². The molecule has 0 N–H and O–H groups in total. The maximum Gasteiger partial charge on any atom is 0.264 e. The van der Waals surface area contributed by atoms with E-state index in [9.17, 15) is 26.0 Å². The normalized spacial score (nSPS) is 12.1. The minimum atomic E-state index is -4.59. The molecule has 2 nitrogen and oxygen atoms in total. The highest BCUT2D eigenvalue weighted by Crippen LogP contribution is 2.27. The lowest BCUT2D eigenvalue weighted by atomic mass is 10.2. The Morgan fingerprint density at radius 2 is 1.73 bits per heavy atom. The lowest BCUT2D eigenvalue weighted by Crippen LogP contribution is -2.01. The second-order valence-corrected chi connectivity index (χ2v) is 5.09. The molecule has 0 unspecified atom stereocenters. The predicted octanol–water partition coefficient (Wildman–Crippen LogP) is 2.83. The summed E-state index contributed by atoms with van der Waals surface area (Å²) in [5.41, 5.74) is -0.951. The third-order valence-corrected chi connectivity index (χ3v) is 2.85. The van der Waals surface area contributed by atoms with Crippen LogP contribution in [0.4, 0.5) is 17.6 Å². The van der Waals surface area contributed by atoms with Crippen LogP contribution in [0.5, 0.6) is 0 Å². The molecule has 0 saturated heterocycles. The van der Waals surface area contributed by atoms with Gasteiger partial charge < -0.3 is 0 Å². The van der Waals surface area contributed by atoms with Gasteiger partial charge in [-0.3, -0.25) is 0 Å². The van der Waals surface area contributed by atoms with Gasteiger partial charge in [0.05, 0.1) is 0 Å². The molecule has 0 amide bonds. The highest BCUT2D eigenvalue weighted by atomic mass is 35.7.